The molecular weight excluding hydrogens is 324 g/mol. The summed E-state index contributed by atoms with van der Waals surface area (Å²) in [6.45, 7) is 2.66. The summed E-state index contributed by atoms with van der Waals surface area (Å²) in [5.41, 5.74) is 1.23. The van der Waals surface area contributed by atoms with Crippen LogP contribution in [0.1, 0.15) is 24.9 Å². The van der Waals surface area contributed by atoms with Gasteiger partial charge in [-0.05, 0) is 33.0 Å². The molecule has 2 N–H and O–H groups in total. The highest BCUT2D eigenvalue weighted by atomic mass is 32.2. The van der Waals surface area contributed by atoms with Gasteiger partial charge in [0.25, 0.3) is 0 Å². The van der Waals surface area contributed by atoms with E-state index < -0.39 is 9.84 Å². The molecule has 1 aromatic rings. The maximum absolute atomic E-state index is 11.3. The predicted octanol–water partition coefficient (Wildman–Crippen LogP) is 1.28. The Kier molecular flexibility index (Phi) is 8.21. The Morgan fingerprint density at radius 2 is 1.88 bits per heavy atom. The molecule has 0 aliphatic rings. The first-order chi connectivity index (χ1) is 11.2. The number of hydrogen-bond acceptors (Lipinski definition) is 4. The number of hydrogen-bond donors (Lipinski definition) is 2. The van der Waals surface area contributed by atoms with E-state index in [0.29, 0.717) is 18.9 Å². The van der Waals surface area contributed by atoms with Gasteiger partial charge in [-0.1, -0.05) is 30.3 Å². The Bertz CT molecular complexity index is 615. The van der Waals surface area contributed by atoms with Crippen LogP contribution in [0.2, 0.25) is 0 Å². The number of guanidine groups is 1. The first-order valence-electron chi connectivity index (χ1n) is 8.09. The number of likely N-dealkylation sites (N-methyl/N-ethyl adjacent to an activating group) is 1. The lowest BCUT2D eigenvalue weighted by Gasteiger charge is -2.26. The van der Waals surface area contributed by atoms with Crippen molar-refractivity contribution < 1.29 is 8.42 Å². The van der Waals surface area contributed by atoms with E-state index in [1.165, 1.54) is 11.8 Å². The highest BCUT2D eigenvalue weighted by molar-refractivity contribution is 7.90. The number of nitrogens with zero attached hydrogens (tertiary/aromatic N) is 2. The minimum Gasteiger partial charge on any atom is -0.354 e. The molecular formula is C17H30N4O2S. The van der Waals surface area contributed by atoms with E-state index >= 15 is 0 Å². The zero-order chi connectivity index (χ0) is 18.2. The van der Waals surface area contributed by atoms with Gasteiger partial charge in [0.1, 0.15) is 9.84 Å². The molecule has 2 atom stereocenters. The van der Waals surface area contributed by atoms with Crippen LogP contribution >= 0.6 is 0 Å². The zero-order valence-corrected chi connectivity index (χ0v) is 16.1. The third-order valence-electron chi connectivity index (χ3n) is 3.80. The number of rotatable bonds is 8. The fourth-order valence-corrected chi connectivity index (χ4v) is 3.14. The number of benzene rings is 1. The Balaban J connectivity index is 2.58. The van der Waals surface area contributed by atoms with Gasteiger partial charge in [-0.25, -0.2) is 8.42 Å². The van der Waals surface area contributed by atoms with E-state index in [-0.39, 0.29) is 17.8 Å². The monoisotopic (exact) mass is 354 g/mol. The van der Waals surface area contributed by atoms with Gasteiger partial charge >= 0.3 is 0 Å². The summed E-state index contributed by atoms with van der Waals surface area (Å²) in [5, 5.41) is 6.57. The van der Waals surface area contributed by atoms with Crippen molar-refractivity contribution in [2.24, 2.45) is 4.99 Å². The molecule has 0 saturated carbocycles. The van der Waals surface area contributed by atoms with Gasteiger partial charge in [0.2, 0.25) is 0 Å². The molecule has 0 heterocycles. The van der Waals surface area contributed by atoms with Gasteiger partial charge in [-0.2, -0.15) is 0 Å². The second kappa shape index (κ2) is 9.64. The number of aliphatic imine (C=N–C) groups is 1. The Labute approximate surface area is 146 Å². The largest absolute Gasteiger partial charge is 0.354 e. The number of sulfone groups is 1. The van der Waals surface area contributed by atoms with Gasteiger partial charge in [-0.15, -0.1) is 0 Å². The van der Waals surface area contributed by atoms with Crippen LogP contribution in [-0.2, 0) is 9.84 Å². The standard InChI is InChI=1S/C17H30N4O2S/c1-14(11-12-24(5,22)23)20-17(18-2)19-13-16(21(3)4)15-9-7-6-8-10-15/h6-10,14,16H,11-13H2,1-5H3,(H2,18,19,20). The van der Waals surface area contributed by atoms with Crippen molar-refractivity contribution in [1.82, 2.24) is 15.5 Å². The molecule has 0 saturated heterocycles. The molecule has 2 unspecified atom stereocenters. The lowest BCUT2D eigenvalue weighted by atomic mass is 10.1. The fourth-order valence-electron chi connectivity index (χ4n) is 2.36. The molecule has 1 rings (SSSR count). The minimum atomic E-state index is -2.94. The molecule has 7 heteroatoms. The van der Waals surface area contributed by atoms with Gasteiger partial charge in [0.15, 0.2) is 5.96 Å². The van der Waals surface area contributed by atoms with Gasteiger partial charge in [0.05, 0.1) is 11.8 Å². The van der Waals surface area contributed by atoms with Crippen LogP contribution in [0.25, 0.3) is 0 Å². The summed E-state index contributed by atoms with van der Waals surface area (Å²) < 4.78 is 22.5. The second-order valence-electron chi connectivity index (χ2n) is 6.31. The van der Waals surface area contributed by atoms with Crippen molar-refractivity contribution >= 4 is 15.8 Å². The Morgan fingerprint density at radius 1 is 1.25 bits per heavy atom. The Morgan fingerprint density at radius 3 is 2.38 bits per heavy atom. The highest BCUT2D eigenvalue weighted by Crippen LogP contribution is 2.16. The fraction of sp³-hybridized carbons (Fsp3) is 0.588. The van der Waals surface area contributed by atoms with Gasteiger partial charge in [0, 0.05) is 25.9 Å². The summed E-state index contributed by atoms with van der Waals surface area (Å²) in [5.74, 6) is 0.849. The highest BCUT2D eigenvalue weighted by Gasteiger charge is 2.15. The molecule has 6 nitrogen and oxygen atoms in total. The molecule has 0 amide bonds. The van der Waals surface area contributed by atoms with Gasteiger partial charge in [-0.3, -0.25) is 4.99 Å². The average molecular weight is 355 g/mol. The predicted molar refractivity (Wildman–Crippen MR) is 101 cm³/mol. The first-order valence-corrected chi connectivity index (χ1v) is 10.1. The molecule has 24 heavy (non-hydrogen) atoms. The topological polar surface area (TPSA) is 73.8 Å². The van der Waals surface area contributed by atoms with Crippen molar-refractivity contribution in [3.8, 4) is 0 Å². The molecule has 0 spiro atoms. The van der Waals surface area contributed by atoms with E-state index in [9.17, 15) is 8.42 Å². The quantitative estimate of drug-likeness (QED) is 0.543. The van der Waals surface area contributed by atoms with Crippen LogP contribution < -0.4 is 10.6 Å². The van der Waals surface area contributed by atoms with E-state index in [4.69, 9.17) is 0 Å². The maximum atomic E-state index is 11.3. The van der Waals surface area contributed by atoms with Crippen molar-refractivity contribution in [3.05, 3.63) is 35.9 Å². The van der Waals surface area contributed by atoms with Crippen LogP contribution in [0.4, 0.5) is 0 Å². The summed E-state index contributed by atoms with van der Waals surface area (Å²) >= 11 is 0. The second-order valence-corrected chi connectivity index (χ2v) is 8.57. The molecule has 0 radical (unpaired) electrons. The number of nitrogens with one attached hydrogen (secondary N) is 2. The van der Waals surface area contributed by atoms with Crippen LogP contribution in [0.3, 0.4) is 0 Å². The Hall–Kier alpha value is -1.60. The molecule has 0 fully saturated rings. The SMILES string of the molecule is CN=C(NCC(c1ccccc1)N(C)C)NC(C)CCS(C)(=O)=O. The van der Waals surface area contributed by atoms with Crippen LogP contribution in [-0.4, -0.2) is 65.0 Å². The van der Waals surface area contributed by atoms with Crippen LogP contribution in [0, 0.1) is 0 Å². The smallest absolute Gasteiger partial charge is 0.191 e. The maximum Gasteiger partial charge on any atom is 0.191 e. The summed E-state index contributed by atoms with van der Waals surface area (Å²) in [7, 11) is 2.86. The summed E-state index contributed by atoms with van der Waals surface area (Å²) in [6, 6.07) is 10.5. The minimum absolute atomic E-state index is 0.0282. The molecule has 136 valence electrons. The zero-order valence-electron chi connectivity index (χ0n) is 15.3. The normalized spacial score (nSPS) is 15.2. The first kappa shape index (κ1) is 20.4. The lowest BCUT2D eigenvalue weighted by Crippen LogP contribution is -2.45. The summed E-state index contributed by atoms with van der Waals surface area (Å²) in [4.78, 5) is 6.38. The molecule has 0 aromatic heterocycles. The lowest BCUT2D eigenvalue weighted by molar-refractivity contribution is 0.298. The van der Waals surface area contributed by atoms with E-state index in [2.05, 4.69) is 32.7 Å². The van der Waals surface area contributed by atoms with E-state index in [1.54, 1.807) is 7.05 Å². The molecule has 0 bridgehead atoms. The average Bonchev–Trinajstić information content (AvgIpc) is 2.52. The summed E-state index contributed by atoms with van der Waals surface area (Å²) in [6.07, 6.45) is 1.81. The third-order valence-corrected chi connectivity index (χ3v) is 4.78. The van der Waals surface area contributed by atoms with E-state index in [1.807, 2.05) is 39.2 Å². The van der Waals surface area contributed by atoms with Crippen molar-refractivity contribution in [2.45, 2.75) is 25.4 Å². The van der Waals surface area contributed by atoms with Gasteiger partial charge < -0.3 is 15.5 Å². The van der Waals surface area contributed by atoms with Crippen molar-refractivity contribution in [2.75, 3.05) is 39.7 Å². The third kappa shape index (κ3) is 7.79. The molecule has 1 aromatic carbocycles. The van der Waals surface area contributed by atoms with E-state index in [0.717, 1.165) is 0 Å². The molecule has 0 aliphatic carbocycles. The molecule has 0 aliphatic heterocycles. The van der Waals surface area contributed by atoms with Crippen LogP contribution in [0.5, 0.6) is 0 Å². The van der Waals surface area contributed by atoms with Crippen molar-refractivity contribution in [1.29, 1.82) is 0 Å². The van der Waals surface area contributed by atoms with Crippen LogP contribution in [0.15, 0.2) is 35.3 Å². The van der Waals surface area contributed by atoms with Crippen molar-refractivity contribution in [3.63, 3.8) is 0 Å².